The van der Waals surface area contributed by atoms with Gasteiger partial charge in [-0.3, -0.25) is 0 Å². The van der Waals surface area contributed by atoms with Crippen LogP contribution in [-0.2, 0) is 22.7 Å². The lowest BCUT2D eigenvalue weighted by molar-refractivity contribution is 0.559. The van der Waals surface area contributed by atoms with Gasteiger partial charge in [0.1, 0.15) is 12.1 Å². The summed E-state index contributed by atoms with van der Waals surface area (Å²) < 4.78 is 22.7. The maximum atomic E-state index is 11.7. The zero-order chi connectivity index (χ0) is 14.8. The Morgan fingerprint density at radius 1 is 1.20 bits per heavy atom. The molecule has 1 heterocycles. The van der Waals surface area contributed by atoms with E-state index >= 15 is 0 Å². The van der Waals surface area contributed by atoms with Crippen molar-refractivity contribution in [1.82, 2.24) is 9.97 Å². The van der Waals surface area contributed by atoms with E-state index in [0.29, 0.717) is 6.54 Å². The highest BCUT2D eigenvalue weighted by Gasteiger charge is 2.30. The molecule has 1 N–H and O–H groups in total. The van der Waals surface area contributed by atoms with Crippen LogP contribution in [0.25, 0.3) is 0 Å². The third-order valence-corrected chi connectivity index (χ3v) is 6.21. The van der Waals surface area contributed by atoms with Crippen LogP contribution in [0.5, 0.6) is 0 Å². The molecular weight excluding hydrogens is 274 g/mol. The van der Waals surface area contributed by atoms with Gasteiger partial charge in [-0.05, 0) is 39.5 Å². The third kappa shape index (κ3) is 3.29. The van der Waals surface area contributed by atoms with Crippen molar-refractivity contribution >= 4 is 15.7 Å². The molecule has 112 valence electrons. The first kappa shape index (κ1) is 15.2. The highest BCUT2D eigenvalue weighted by atomic mass is 32.2. The summed E-state index contributed by atoms with van der Waals surface area (Å²) >= 11 is 0. The van der Waals surface area contributed by atoms with Crippen molar-refractivity contribution < 1.29 is 8.42 Å². The van der Waals surface area contributed by atoms with Gasteiger partial charge in [-0.15, -0.1) is 0 Å². The zero-order valence-electron chi connectivity index (χ0n) is 12.4. The Kier molecular flexibility index (Phi) is 4.32. The quantitative estimate of drug-likeness (QED) is 0.860. The summed E-state index contributed by atoms with van der Waals surface area (Å²) in [6, 6.07) is 0. The van der Waals surface area contributed by atoms with E-state index in [9.17, 15) is 8.42 Å². The van der Waals surface area contributed by atoms with Crippen LogP contribution < -0.4 is 5.32 Å². The van der Waals surface area contributed by atoms with Crippen molar-refractivity contribution in [2.75, 3.05) is 18.1 Å². The SMILES string of the molecule is CC(C)(CNc1ncnc2c1CCCCC2)S(C)(=O)=O. The van der Waals surface area contributed by atoms with E-state index in [1.54, 1.807) is 20.2 Å². The van der Waals surface area contributed by atoms with Gasteiger partial charge in [0.05, 0.1) is 4.75 Å². The molecule has 0 amide bonds. The van der Waals surface area contributed by atoms with Crippen LogP contribution in [0.2, 0.25) is 0 Å². The molecule has 2 rings (SSSR count). The van der Waals surface area contributed by atoms with Crippen LogP contribution in [0.4, 0.5) is 5.82 Å². The maximum absolute atomic E-state index is 11.7. The summed E-state index contributed by atoms with van der Waals surface area (Å²) in [5.74, 6) is 0.800. The largest absolute Gasteiger partial charge is 0.368 e. The molecule has 1 aliphatic rings. The van der Waals surface area contributed by atoms with Gasteiger partial charge in [0.15, 0.2) is 9.84 Å². The van der Waals surface area contributed by atoms with E-state index in [1.807, 2.05) is 0 Å². The Morgan fingerprint density at radius 2 is 1.90 bits per heavy atom. The first-order valence-electron chi connectivity index (χ1n) is 7.07. The summed E-state index contributed by atoms with van der Waals surface area (Å²) in [5, 5.41) is 3.22. The minimum Gasteiger partial charge on any atom is -0.368 e. The van der Waals surface area contributed by atoms with Gasteiger partial charge >= 0.3 is 0 Å². The van der Waals surface area contributed by atoms with Crippen molar-refractivity contribution in [3.63, 3.8) is 0 Å². The summed E-state index contributed by atoms with van der Waals surface area (Å²) in [6.45, 7) is 3.82. The van der Waals surface area contributed by atoms with Crippen molar-refractivity contribution in [2.45, 2.75) is 50.7 Å². The van der Waals surface area contributed by atoms with E-state index in [0.717, 1.165) is 42.8 Å². The van der Waals surface area contributed by atoms with Crippen LogP contribution in [0.1, 0.15) is 44.4 Å². The fraction of sp³-hybridized carbons (Fsp3) is 0.714. The molecule has 0 unspecified atom stereocenters. The molecule has 0 spiro atoms. The standard InChI is InChI=1S/C14H23N3O2S/c1-14(2,20(3,18)19)9-15-13-11-7-5-4-6-8-12(11)16-10-17-13/h10H,4-9H2,1-3H3,(H,15,16,17). The number of fused-ring (bicyclic) bond motifs is 1. The molecule has 0 radical (unpaired) electrons. The van der Waals surface area contributed by atoms with Crippen LogP contribution >= 0.6 is 0 Å². The number of sulfone groups is 1. The van der Waals surface area contributed by atoms with Crippen molar-refractivity contribution in [3.8, 4) is 0 Å². The van der Waals surface area contributed by atoms with Crippen molar-refractivity contribution in [1.29, 1.82) is 0 Å². The van der Waals surface area contributed by atoms with Crippen LogP contribution in [0.15, 0.2) is 6.33 Å². The number of nitrogens with zero attached hydrogens (tertiary/aromatic N) is 2. The number of anilines is 1. The smallest absolute Gasteiger partial charge is 0.154 e. The molecule has 0 fully saturated rings. The second kappa shape index (κ2) is 5.68. The predicted molar refractivity (Wildman–Crippen MR) is 80.7 cm³/mol. The highest BCUT2D eigenvalue weighted by molar-refractivity contribution is 7.92. The van der Waals surface area contributed by atoms with Gasteiger partial charge in [-0.25, -0.2) is 18.4 Å². The second-order valence-electron chi connectivity index (χ2n) is 6.09. The monoisotopic (exact) mass is 297 g/mol. The summed E-state index contributed by atoms with van der Waals surface area (Å²) in [6.07, 6.45) is 8.32. The van der Waals surface area contributed by atoms with Crippen LogP contribution in [0.3, 0.4) is 0 Å². The lowest BCUT2D eigenvalue weighted by Crippen LogP contribution is -2.38. The molecule has 0 saturated carbocycles. The first-order valence-corrected chi connectivity index (χ1v) is 8.96. The summed E-state index contributed by atoms with van der Waals surface area (Å²) in [7, 11) is -3.11. The average Bonchev–Trinajstić information content (AvgIpc) is 2.60. The molecule has 0 aromatic carbocycles. The normalized spacial score (nSPS) is 16.4. The second-order valence-corrected chi connectivity index (χ2v) is 8.74. The fourth-order valence-corrected chi connectivity index (χ4v) is 2.61. The highest BCUT2D eigenvalue weighted by Crippen LogP contribution is 2.25. The molecule has 20 heavy (non-hydrogen) atoms. The van der Waals surface area contributed by atoms with E-state index in [4.69, 9.17) is 0 Å². The molecule has 1 aliphatic carbocycles. The molecule has 0 atom stereocenters. The van der Waals surface area contributed by atoms with Crippen LogP contribution in [0, 0.1) is 0 Å². The number of rotatable bonds is 4. The molecule has 5 nitrogen and oxygen atoms in total. The van der Waals surface area contributed by atoms with Gasteiger partial charge in [0.25, 0.3) is 0 Å². The van der Waals surface area contributed by atoms with Crippen LogP contribution in [-0.4, -0.2) is 35.9 Å². The molecule has 0 aliphatic heterocycles. The van der Waals surface area contributed by atoms with E-state index in [1.165, 1.54) is 12.7 Å². The van der Waals surface area contributed by atoms with E-state index in [-0.39, 0.29) is 0 Å². The van der Waals surface area contributed by atoms with Gasteiger partial charge in [-0.1, -0.05) is 6.42 Å². The number of aryl methyl sites for hydroxylation is 1. The Hall–Kier alpha value is -1.17. The Balaban J connectivity index is 2.19. The molecular formula is C14H23N3O2S. The van der Waals surface area contributed by atoms with Gasteiger partial charge in [0, 0.05) is 24.1 Å². The average molecular weight is 297 g/mol. The Morgan fingerprint density at radius 3 is 2.60 bits per heavy atom. The summed E-state index contributed by atoms with van der Waals surface area (Å²) in [4.78, 5) is 8.67. The minimum absolute atomic E-state index is 0.356. The molecule has 6 heteroatoms. The number of nitrogens with one attached hydrogen (secondary N) is 1. The molecule has 0 bridgehead atoms. The lowest BCUT2D eigenvalue weighted by atomic mass is 10.1. The molecule has 1 aromatic rings. The lowest BCUT2D eigenvalue weighted by Gasteiger charge is -2.24. The number of hydrogen-bond donors (Lipinski definition) is 1. The molecule has 0 saturated heterocycles. The number of hydrogen-bond acceptors (Lipinski definition) is 5. The molecule has 1 aromatic heterocycles. The Labute approximate surface area is 121 Å². The van der Waals surface area contributed by atoms with Crippen molar-refractivity contribution in [2.24, 2.45) is 0 Å². The van der Waals surface area contributed by atoms with Gasteiger partial charge in [0.2, 0.25) is 0 Å². The van der Waals surface area contributed by atoms with Gasteiger partial charge in [-0.2, -0.15) is 0 Å². The van der Waals surface area contributed by atoms with E-state index in [2.05, 4.69) is 15.3 Å². The third-order valence-electron chi connectivity index (χ3n) is 4.06. The summed E-state index contributed by atoms with van der Waals surface area (Å²) in [5.41, 5.74) is 2.27. The minimum atomic E-state index is -3.11. The number of aromatic nitrogens is 2. The van der Waals surface area contributed by atoms with E-state index < -0.39 is 14.6 Å². The fourth-order valence-electron chi connectivity index (χ4n) is 2.28. The topological polar surface area (TPSA) is 72.0 Å². The predicted octanol–water partition coefficient (Wildman–Crippen LogP) is 1.98. The zero-order valence-corrected chi connectivity index (χ0v) is 13.3. The first-order chi connectivity index (χ1) is 9.31. The van der Waals surface area contributed by atoms with Gasteiger partial charge < -0.3 is 5.32 Å². The maximum Gasteiger partial charge on any atom is 0.154 e. The van der Waals surface area contributed by atoms with Crippen molar-refractivity contribution in [3.05, 3.63) is 17.6 Å². The Bertz CT molecular complexity index is 582.